The van der Waals surface area contributed by atoms with Gasteiger partial charge in [0.25, 0.3) is 0 Å². The average Bonchev–Trinajstić information content (AvgIpc) is 3.27. The topological polar surface area (TPSA) is 52.6 Å². The molecule has 0 amide bonds. The third kappa shape index (κ3) is 3.44. The molecule has 1 saturated carbocycles. The highest BCUT2D eigenvalue weighted by Crippen LogP contribution is 2.24. The van der Waals surface area contributed by atoms with E-state index in [4.69, 9.17) is 0 Å². The van der Waals surface area contributed by atoms with Crippen molar-refractivity contribution in [3.63, 3.8) is 0 Å². The number of fused-ring (bicyclic) bond motifs is 1. The van der Waals surface area contributed by atoms with Gasteiger partial charge in [-0.05, 0) is 43.7 Å². The Morgan fingerprint density at radius 3 is 2.33 bits per heavy atom. The molecule has 1 fully saturated rings. The van der Waals surface area contributed by atoms with Crippen molar-refractivity contribution in [2.75, 3.05) is 19.6 Å². The third-order valence-electron chi connectivity index (χ3n) is 4.63. The molecule has 1 aliphatic heterocycles. The van der Waals surface area contributed by atoms with E-state index < -0.39 is 11.5 Å². The summed E-state index contributed by atoms with van der Waals surface area (Å²) in [7, 11) is 0. The van der Waals surface area contributed by atoms with E-state index >= 15 is 0 Å². The maximum atomic E-state index is 11.7. The summed E-state index contributed by atoms with van der Waals surface area (Å²) in [6.07, 6.45) is 4.23. The Bertz CT molecular complexity index is 500. The smallest absolute Gasteiger partial charge is 0.324 e. The minimum atomic E-state index is -0.836. The van der Waals surface area contributed by atoms with Crippen LogP contribution in [-0.2, 0) is 17.6 Å². The van der Waals surface area contributed by atoms with Crippen molar-refractivity contribution >= 4 is 5.97 Å². The normalized spacial score (nSPS) is 22.1. The largest absolute Gasteiger partial charge is 0.480 e. The second kappa shape index (κ2) is 5.78. The fourth-order valence-corrected chi connectivity index (χ4v) is 3.17. The predicted octanol–water partition coefficient (Wildman–Crippen LogP) is 1.68. The van der Waals surface area contributed by atoms with Crippen LogP contribution in [0, 0.1) is 0 Å². The third-order valence-corrected chi connectivity index (χ3v) is 4.63. The van der Waals surface area contributed by atoms with Gasteiger partial charge in [0.2, 0.25) is 0 Å². The van der Waals surface area contributed by atoms with Gasteiger partial charge in [0.05, 0.1) is 0 Å². The number of nitrogens with one attached hydrogen (secondary N) is 1. The lowest BCUT2D eigenvalue weighted by atomic mass is 10.0. The molecule has 1 unspecified atom stereocenters. The Morgan fingerprint density at radius 2 is 1.86 bits per heavy atom. The van der Waals surface area contributed by atoms with Gasteiger partial charge in [0.15, 0.2) is 0 Å². The average molecular weight is 288 g/mol. The molecular formula is C17H24N2O2. The van der Waals surface area contributed by atoms with Gasteiger partial charge >= 0.3 is 5.97 Å². The summed E-state index contributed by atoms with van der Waals surface area (Å²) in [4.78, 5) is 14.0. The van der Waals surface area contributed by atoms with Gasteiger partial charge in [-0.25, -0.2) is 0 Å². The van der Waals surface area contributed by atoms with Crippen LogP contribution in [0.4, 0.5) is 0 Å². The highest BCUT2D eigenvalue weighted by molar-refractivity contribution is 5.78. The lowest BCUT2D eigenvalue weighted by molar-refractivity contribution is -0.145. The van der Waals surface area contributed by atoms with Crippen LogP contribution in [0.25, 0.3) is 0 Å². The zero-order valence-corrected chi connectivity index (χ0v) is 12.6. The SMILES string of the molecule is CC(CN1CCc2ccccc2CC1)(NC1CC1)C(=O)O. The van der Waals surface area contributed by atoms with Gasteiger partial charge in [-0.3, -0.25) is 10.1 Å². The number of nitrogens with zero attached hydrogens (tertiary/aromatic N) is 1. The zero-order chi connectivity index (χ0) is 14.9. The first kappa shape index (κ1) is 14.5. The van der Waals surface area contributed by atoms with Crippen LogP contribution in [0.15, 0.2) is 24.3 Å². The predicted molar refractivity (Wildman–Crippen MR) is 82.5 cm³/mol. The van der Waals surface area contributed by atoms with E-state index in [0.717, 1.165) is 38.8 Å². The maximum absolute atomic E-state index is 11.7. The van der Waals surface area contributed by atoms with Crippen molar-refractivity contribution in [3.05, 3.63) is 35.4 Å². The number of hydrogen-bond donors (Lipinski definition) is 2. The summed E-state index contributed by atoms with van der Waals surface area (Å²) < 4.78 is 0. The van der Waals surface area contributed by atoms with Crippen molar-refractivity contribution in [3.8, 4) is 0 Å². The van der Waals surface area contributed by atoms with Crippen LogP contribution in [0.5, 0.6) is 0 Å². The second-order valence-electron chi connectivity index (χ2n) is 6.60. The monoisotopic (exact) mass is 288 g/mol. The van der Waals surface area contributed by atoms with Crippen LogP contribution < -0.4 is 5.32 Å². The number of aliphatic carboxylic acids is 1. The Kier molecular flexibility index (Phi) is 4.00. The molecule has 1 heterocycles. The van der Waals surface area contributed by atoms with E-state index in [9.17, 15) is 9.90 Å². The molecule has 3 rings (SSSR count). The van der Waals surface area contributed by atoms with E-state index in [1.807, 2.05) is 6.92 Å². The first-order valence-corrected chi connectivity index (χ1v) is 7.87. The Labute approximate surface area is 126 Å². The quantitative estimate of drug-likeness (QED) is 0.865. The standard InChI is InChI=1S/C17H24N2O2/c1-17(16(20)21,18-15-6-7-15)12-19-10-8-13-4-2-3-5-14(13)9-11-19/h2-5,15,18H,6-12H2,1H3,(H,20,21). The fraction of sp³-hybridized carbons (Fsp3) is 0.588. The van der Waals surface area contributed by atoms with Gasteiger partial charge in [-0.15, -0.1) is 0 Å². The Balaban J connectivity index is 1.66. The minimum Gasteiger partial charge on any atom is -0.480 e. The summed E-state index contributed by atoms with van der Waals surface area (Å²) in [5.41, 5.74) is 1.98. The van der Waals surface area contributed by atoms with E-state index in [1.165, 1.54) is 11.1 Å². The summed E-state index contributed by atoms with van der Waals surface area (Å²) in [6, 6.07) is 8.96. The molecule has 4 nitrogen and oxygen atoms in total. The lowest BCUT2D eigenvalue weighted by Gasteiger charge is -2.32. The van der Waals surface area contributed by atoms with Crippen LogP contribution in [0.2, 0.25) is 0 Å². The number of carboxylic acid groups (broad SMARTS) is 1. The van der Waals surface area contributed by atoms with E-state index in [-0.39, 0.29) is 0 Å². The molecule has 0 aromatic heterocycles. The summed E-state index contributed by atoms with van der Waals surface area (Å²) in [5.74, 6) is -0.740. The summed E-state index contributed by atoms with van der Waals surface area (Å²) in [6.45, 7) is 4.27. The first-order chi connectivity index (χ1) is 10.1. The summed E-state index contributed by atoms with van der Waals surface area (Å²) in [5, 5.41) is 12.9. The molecule has 0 radical (unpaired) electrons. The van der Waals surface area contributed by atoms with Crippen LogP contribution in [0.1, 0.15) is 30.9 Å². The van der Waals surface area contributed by atoms with Gasteiger partial charge in [-0.2, -0.15) is 0 Å². The molecule has 21 heavy (non-hydrogen) atoms. The second-order valence-corrected chi connectivity index (χ2v) is 6.60. The lowest BCUT2D eigenvalue weighted by Crippen LogP contribution is -2.58. The highest BCUT2D eigenvalue weighted by atomic mass is 16.4. The van der Waals surface area contributed by atoms with Crippen molar-refractivity contribution in [1.82, 2.24) is 10.2 Å². The molecule has 1 atom stereocenters. The summed E-state index contributed by atoms with van der Waals surface area (Å²) >= 11 is 0. The van der Waals surface area contributed by atoms with E-state index in [1.54, 1.807) is 0 Å². The molecule has 1 aromatic rings. The van der Waals surface area contributed by atoms with Crippen molar-refractivity contribution in [2.45, 2.75) is 44.2 Å². The maximum Gasteiger partial charge on any atom is 0.324 e. The van der Waals surface area contributed by atoms with Crippen molar-refractivity contribution in [2.24, 2.45) is 0 Å². The molecule has 1 aliphatic carbocycles. The van der Waals surface area contributed by atoms with Gasteiger partial charge in [0.1, 0.15) is 5.54 Å². The molecule has 114 valence electrons. The molecule has 1 aromatic carbocycles. The van der Waals surface area contributed by atoms with Crippen LogP contribution in [-0.4, -0.2) is 47.2 Å². The fourth-order valence-electron chi connectivity index (χ4n) is 3.17. The minimum absolute atomic E-state index is 0.398. The number of carboxylic acids is 1. The van der Waals surface area contributed by atoms with E-state index in [0.29, 0.717) is 12.6 Å². The molecule has 0 bridgehead atoms. The molecule has 2 aliphatic rings. The molecule has 0 spiro atoms. The van der Waals surface area contributed by atoms with Crippen molar-refractivity contribution in [1.29, 1.82) is 0 Å². The van der Waals surface area contributed by atoms with Gasteiger partial charge < -0.3 is 10.0 Å². The number of rotatable bonds is 5. The number of hydrogen-bond acceptors (Lipinski definition) is 3. The van der Waals surface area contributed by atoms with Crippen LogP contribution in [0.3, 0.4) is 0 Å². The number of carbonyl (C=O) groups is 1. The van der Waals surface area contributed by atoms with Gasteiger partial charge in [-0.1, -0.05) is 24.3 Å². The Morgan fingerprint density at radius 1 is 1.29 bits per heavy atom. The van der Waals surface area contributed by atoms with Crippen molar-refractivity contribution < 1.29 is 9.90 Å². The molecule has 2 N–H and O–H groups in total. The number of benzene rings is 1. The van der Waals surface area contributed by atoms with E-state index in [2.05, 4.69) is 34.5 Å². The zero-order valence-electron chi connectivity index (χ0n) is 12.6. The van der Waals surface area contributed by atoms with Gasteiger partial charge in [0, 0.05) is 25.7 Å². The Hall–Kier alpha value is -1.39. The highest BCUT2D eigenvalue weighted by Gasteiger charge is 2.39. The molecular weight excluding hydrogens is 264 g/mol. The molecule has 4 heteroatoms. The first-order valence-electron chi connectivity index (χ1n) is 7.87. The molecule has 0 saturated heterocycles. The van der Waals surface area contributed by atoms with Crippen LogP contribution >= 0.6 is 0 Å².